The van der Waals surface area contributed by atoms with Crippen molar-refractivity contribution in [3.63, 3.8) is 0 Å². The fourth-order valence-corrected chi connectivity index (χ4v) is 7.42. The van der Waals surface area contributed by atoms with E-state index in [1.165, 1.54) is 0 Å². The first-order valence-corrected chi connectivity index (χ1v) is 19.3. The van der Waals surface area contributed by atoms with E-state index in [2.05, 4.69) is 54.1 Å². The molecule has 2 aliphatic rings. The third-order valence-corrected chi connectivity index (χ3v) is 9.80. The van der Waals surface area contributed by atoms with Crippen molar-refractivity contribution in [3.05, 3.63) is 103 Å². The van der Waals surface area contributed by atoms with E-state index in [0.717, 1.165) is 65.7 Å². The summed E-state index contributed by atoms with van der Waals surface area (Å²) in [5.41, 5.74) is 3.86. The SMILES string of the molecule is [Cl][Ru].c1cc(-n2cc(-c3scc4c3OCCO4)cn2)nc(-n2cc(-c3scc4c3OCCO4)cn2)c1.c1cnc2c(c1)ccc1cccnc12. The zero-order valence-corrected chi connectivity index (χ0v) is 30.1. The molecule has 0 fully saturated rings. The molecule has 0 unspecified atom stereocenters. The molecule has 0 aliphatic carbocycles. The average Bonchev–Trinajstić information content (AvgIpc) is 4.02. The Balaban J connectivity index is 0.000000188. The van der Waals surface area contributed by atoms with Crippen LogP contribution < -0.4 is 18.9 Å². The van der Waals surface area contributed by atoms with Gasteiger partial charge in [0.1, 0.15) is 26.4 Å². The number of hydrogen-bond acceptors (Lipinski definition) is 11. The van der Waals surface area contributed by atoms with Crippen LogP contribution in [0.5, 0.6) is 23.0 Å². The maximum absolute atomic E-state index is 5.81. The number of halogens is 1. The molecule has 0 N–H and O–H groups in total. The molecule has 50 heavy (non-hydrogen) atoms. The number of pyridine rings is 3. The number of ether oxygens (including phenoxy) is 4. The van der Waals surface area contributed by atoms with Gasteiger partial charge in [-0.15, -0.1) is 22.7 Å². The maximum atomic E-state index is 5.81. The summed E-state index contributed by atoms with van der Waals surface area (Å²) < 4.78 is 26.5. The van der Waals surface area contributed by atoms with E-state index in [4.69, 9.17) is 23.9 Å². The van der Waals surface area contributed by atoms with Crippen LogP contribution in [0.2, 0.25) is 0 Å². The van der Waals surface area contributed by atoms with Gasteiger partial charge in [-0.1, -0.05) is 30.3 Å². The number of hydrogen-bond donors (Lipinski definition) is 0. The Morgan fingerprint density at radius 3 is 1.58 bits per heavy atom. The summed E-state index contributed by atoms with van der Waals surface area (Å²) in [5, 5.41) is 15.3. The average molecular weight is 808 g/mol. The normalized spacial score (nSPS) is 12.9. The summed E-state index contributed by atoms with van der Waals surface area (Å²) in [6.07, 6.45) is 11.1. The summed E-state index contributed by atoms with van der Waals surface area (Å²) in [6.45, 7) is 2.25. The van der Waals surface area contributed by atoms with Crippen LogP contribution in [-0.2, 0) is 17.3 Å². The molecule has 0 amide bonds. The molecule has 0 bridgehead atoms. The molecule has 0 spiro atoms. The van der Waals surface area contributed by atoms with Crippen molar-refractivity contribution in [2.75, 3.05) is 26.4 Å². The molecular formula is C35H25ClN7O4RuS2. The first-order valence-electron chi connectivity index (χ1n) is 15.3. The first-order chi connectivity index (χ1) is 24.8. The second kappa shape index (κ2) is 14.5. The van der Waals surface area contributed by atoms with Crippen molar-refractivity contribution in [2.45, 2.75) is 0 Å². The van der Waals surface area contributed by atoms with Gasteiger partial charge in [-0.25, -0.2) is 14.3 Å². The Kier molecular flexibility index (Phi) is 9.40. The van der Waals surface area contributed by atoms with E-state index >= 15 is 0 Å². The first kappa shape index (κ1) is 32.3. The van der Waals surface area contributed by atoms with E-state index < -0.39 is 0 Å². The van der Waals surface area contributed by atoms with Gasteiger partial charge in [0.2, 0.25) is 0 Å². The molecule has 10 rings (SSSR count). The number of rotatable bonds is 4. The number of nitrogens with zero attached hydrogens (tertiary/aromatic N) is 7. The van der Waals surface area contributed by atoms with E-state index in [1.807, 2.05) is 83.2 Å². The van der Waals surface area contributed by atoms with Crippen LogP contribution >= 0.6 is 32.4 Å². The molecule has 251 valence electrons. The Morgan fingerprint density at radius 1 is 0.600 bits per heavy atom. The Hall–Kier alpha value is -4.88. The van der Waals surface area contributed by atoms with Crippen molar-refractivity contribution in [2.24, 2.45) is 0 Å². The predicted octanol–water partition coefficient (Wildman–Crippen LogP) is 7.92. The van der Waals surface area contributed by atoms with Crippen molar-refractivity contribution >= 4 is 54.2 Å². The zero-order chi connectivity index (χ0) is 33.9. The summed E-state index contributed by atoms with van der Waals surface area (Å²) in [5.74, 6) is 4.52. The molecule has 0 saturated heterocycles. The maximum Gasteiger partial charge on any atom is 0.180 e. The van der Waals surface area contributed by atoms with Gasteiger partial charge in [0.25, 0.3) is 0 Å². The van der Waals surface area contributed by atoms with Crippen molar-refractivity contribution in [3.8, 4) is 55.5 Å². The van der Waals surface area contributed by atoms with Gasteiger partial charge in [0, 0.05) is 57.4 Å². The number of aromatic nitrogens is 7. The molecule has 0 saturated carbocycles. The molecule has 9 heterocycles. The predicted molar refractivity (Wildman–Crippen MR) is 190 cm³/mol. The minimum atomic E-state index is 0.549. The minimum absolute atomic E-state index is 0.549. The molecule has 0 radical (unpaired) electrons. The van der Waals surface area contributed by atoms with Crippen LogP contribution in [0.4, 0.5) is 0 Å². The number of benzene rings is 1. The fourth-order valence-electron chi connectivity index (χ4n) is 5.60. The molecule has 0 atom stereocenters. The molecule has 1 aromatic carbocycles. The van der Waals surface area contributed by atoms with Gasteiger partial charge < -0.3 is 18.9 Å². The largest absolute Gasteiger partial charge is 0.485 e. The molecule has 15 heteroatoms. The summed E-state index contributed by atoms with van der Waals surface area (Å²) in [4.78, 5) is 15.5. The fraction of sp³-hybridized carbons (Fsp3) is 0.114. The Bertz CT molecular complexity index is 2260. The van der Waals surface area contributed by atoms with Crippen molar-refractivity contribution in [1.82, 2.24) is 34.5 Å². The third kappa shape index (κ3) is 6.31. The minimum Gasteiger partial charge on any atom is -0.485 e. The van der Waals surface area contributed by atoms with Crippen molar-refractivity contribution in [1.29, 1.82) is 0 Å². The van der Waals surface area contributed by atoms with Crippen LogP contribution in [0, 0.1) is 0 Å². The number of fused-ring (bicyclic) bond motifs is 5. The second-order valence-corrected chi connectivity index (χ2v) is 12.6. The van der Waals surface area contributed by atoms with E-state index in [-0.39, 0.29) is 0 Å². The van der Waals surface area contributed by atoms with Crippen LogP contribution in [0.3, 0.4) is 0 Å². The van der Waals surface area contributed by atoms with Crippen LogP contribution in [-0.4, -0.2) is 60.9 Å². The Morgan fingerprint density at radius 2 is 1.08 bits per heavy atom. The molecule has 7 aromatic heterocycles. The van der Waals surface area contributed by atoms with Gasteiger partial charge in [-0.2, -0.15) is 10.2 Å². The monoisotopic (exact) mass is 808 g/mol. The zero-order valence-electron chi connectivity index (χ0n) is 26.0. The van der Waals surface area contributed by atoms with Gasteiger partial charge >= 0.3 is 27.0 Å². The molecular weight excluding hydrogens is 783 g/mol. The smallest absolute Gasteiger partial charge is 0.180 e. The van der Waals surface area contributed by atoms with E-state index in [9.17, 15) is 0 Å². The van der Waals surface area contributed by atoms with Crippen LogP contribution in [0.15, 0.2) is 103 Å². The summed E-state index contributed by atoms with van der Waals surface area (Å²) in [7, 11) is 4.57. The molecule has 11 nitrogen and oxygen atoms in total. The van der Waals surface area contributed by atoms with Crippen molar-refractivity contribution < 1.29 is 36.3 Å². The quantitative estimate of drug-likeness (QED) is 0.129. The standard InChI is InChI=1S/C23H17N5O4S2.C12H8N2.ClH.Ru/c1-2-18(27-10-14(8-24-27)22-20-16(12-33-22)29-4-6-31-20)26-19(3-1)28-11-15(9-25-28)23-21-17(13-34-23)30-5-7-32-21;1-3-9-5-6-10-4-2-8-14-12(10)11(9)13-7-1;;/h1-3,8-13H,4-7H2;1-8H;1H;/q;;;+1/p-1. The van der Waals surface area contributed by atoms with Crippen LogP contribution in [0.1, 0.15) is 0 Å². The summed E-state index contributed by atoms with van der Waals surface area (Å²) in [6, 6.07) is 17.9. The topological polar surface area (TPSA) is 111 Å². The van der Waals surface area contributed by atoms with Gasteiger partial charge in [-0.3, -0.25) is 9.97 Å². The van der Waals surface area contributed by atoms with E-state index in [1.54, 1.807) is 44.4 Å². The van der Waals surface area contributed by atoms with Gasteiger partial charge in [0.05, 0.1) is 33.2 Å². The van der Waals surface area contributed by atoms with E-state index in [0.29, 0.717) is 38.1 Å². The summed E-state index contributed by atoms with van der Waals surface area (Å²) >= 11 is 4.99. The number of thiophene rings is 2. The van der Waals surface area contributed by atoms with Gasteiger partial charge in [0.15, 0.2) is 34.6 Å². The third-order valence-electron chi connectivity index (χ3n) is 7.83. The second-order valence-electron chi connectivity index (χ2n) is 10.8. The van der Waals surface area contributed by atoms with Crippen LogP contribution in [0.25, 0.3) is 54.3 Å². The molecule has 8 aromatic rings. The Labute approximate surface area is 307 Å². The molecule has 2 aliphatic heterocycles. The van der Waals surface area contributed by atoms with Gasteiger partial charge in [-0.05, 0) is 24.3 Å².